The highest BCUT2D eigenvalue weighted by atomic mass is 32.2. The summed E-state index contributed by atoms with van der Waals surface area (Å²) >= 11 is 0. The van der Waals surface area contributed by atoms with Crippen LogP contribution in [0.4, 0.5) is 0 Å². The van der Waals surface area contributed by atoms with E-state index in [4.69, 9.17) is 0 Å². The van der Waals surface area contributed by atoms with E-state index in [-0.39, 0.29) is 22.8 Å². The third kappa shape index (κ3) is 3.50. The summed E-state index contributed by atoms with van der Waals surface area (Å²) in [6.07, 6.45) is 6.86. The van der Waals surface area contributed by atoms with Gasteiger partial charge in [-0.15, -0.1) is 0 Å². The van der Waals surface area contributed by atoms with Crippen LogP contribution in [0.2, 0.25) is 0 Å². The summed E-state index contributed by atoms with van der Waals surface area (Å²) in [7, 11) is -2.93. The summed E-state index contributed by atoms with van der Waals surface area (Å²) in [4.78, 5) is 14.3. The number of hydrogen-bond acceptors (Lipinski definition) is 3. The third-order valence-corrected chi connectivity index (χ3v) is 6.91. The minimum absolute atomic E-state index is 0.202. The fourth-order valence-corrected chi connectivity index (χ4v) is 4.68. The van der Waals surface area contributed by atoms with E-state index in [1.165, 1.54) is 6.42 Å². The Bertz CT molecular complexity index is 404. The van der Waals surface area contributed by atoms with E-state index in [0.29, 0.717) is 25.9 Å². The maximum atomic E-state index is 12.4. The van der Waals surface area contributed by atoms with Crippen LogP contribution in [0.1, 0.15) is 51.9 Å². The maximum Gasteiger partial charge on any atom is 0.225 e. The molecule has 0 unspecified atom stereocenters. The van der Waals surface area contributed by atoms with Gasteiger partial charge in [0.25, 0.3) is 0 Å². The van der Waals surface area contributed by atoms with Gasteiger partial charge in [0.05, 0.1) is 5.25 Å². The van der Waals surface area contributed by atoms with Gasteiger partial charge in [-0.3, -0.25) is 4.79 Å². The first kappa shape index (κ1) is 14.8. The molecule has 4 nitrogen and oxygen atoms in total. The highest BCUT2D eigenvalue weighted by molar-refractivity contribution is 7.92. The van der Waals surface area contributed by atoms with E-state index in [1.54, 1.807) is 6.92 Å². The molecule has 2 fully saturated rings. The predicted molar refractivity (Wildman–Crippen MR) is 75.6 cm³/mol. The molecule has 2 rings (SSSR count). The van der Waals surface area contributed by atoms with Crippen molar-refractivity contribution in [1.29, 1.82) is 0 Å². The predicted octanol–water partition coefficient (Wildman–Crippen LogP) is 1.99. The molecule has 0 spiro atoms. The molecule has 110 valence electrons. The van der Waals surface area contributed by atoms with Crippen LogP contribution in [-0.4, -0.2) is 43.3 Å². The fourth-order valence-electron chi connectivity index (χ4n) is 3.28. The lowest BCUT2D eigenvalue weighted by Gasteiger charge is -2.34. The van der Waals surface area contributed by atoms with Crippen LogP contribution in [0, 0.1) is 5.92 Å². The Labute approximate surface area is 116 Å². The molecule has 1 heterocycles. The molecule has 5 heteroatoms. The second-order valence-corrected chi connectivity index (χ2v) is 8.38. The van der Waals surface area contributed by atoms with Crippen LogP contribution in [0.3, 0.4) is 0 Å². The monoisotopic (exact) mass is 287 g/mol. The van der Waals surface area contributed by atoms with Crippen LogP contribution in [0.25, 0.3) is 0 Å². The normalized spacial score (nSPS) is 23.5. The number of sulfone groups is 1. The quantitative estimate of drug-likeness (QED) is 0.797. The van der Waals surface area contributed by atoms with Gasteiger partial charge >= 0.3 is 0 Å². The van der Waals surface area contributed by atoms with Crippen LogP contribution >= 0.6 is 0 Å². The largest absolute Gasteiger partial charge is 0.342 e. The Hall–Kier alpha value is -0.580. The maximum absolute atomic E-state index is 12.4. The van der Waals surface area contributed by atoms with E-state index in [0.717, 1.165) is 25.7 Å². The van der Waals surface area contributed by atoms with Gasteiger partial charge in [0.1, 0.15) is 0 Å². The molecule has 1 saturated heterocycles. The Morgan fingerprint density at radius 1 is 1.05 bits per heavy atom. The van der Waals surface area contributed by atoms with Gasteiger partial charge in [-0.1, -0.05) is 26.2 Å². The zero-order valence-electron chi connectivity index (χ0n) is 11.8. The Morgan fingerprint density at radius 3 is 2.16 bits per heavy atom. The van der Waals surface area contributed by atoms with Crippen molar-refractivity contribution in [3.05, 3.63) is 0 Å². The lowest BCUT2D eigenvalue weighted by atomic mass is 9.88. The minimum Gasteiger partial charge on any atom is -0.342 e. The van der Waals surface area contributed by atoms with Crippen molar-refractivity contribution in [3.8, 4) is 0 Å². The molecule has 0 N–H and O–H groups in total. The summed E-state index contributed by atoms with van der Waals surface area (Å²) < 4.78 is 23.7. The molecular formula is C14H25NO3S. The summed E-state index contributed by atoms with van der Waals surface area (Å²) in [6.45, 7) is 2.95. The Morgan fingerprint density at radius 2 is 1.63 bits per heavy atom. The van der Waals surface area contributed by atoms with Crippen LogP contribution in [-0.2, 0) is 14.6 Å². The molecule has 1 aliphatic carbocycles. The third-order valence-electron chi connectivity index (χ3n) is 4.62. The van der Waals surface area contributed by atoms with Gasteiger partial charge in [0, 0.05) is 24.8 Å². The highest BCUT2D eigenvalue weighted by Crippen LogP contribution is 2.27. The molecule has 1 aliphatic heterocycles. The SMILES string of the molecule is CCS(=O)(=O)C1CCN(C(=O)C2CCCCC2)CC1. The number of hydrogen-bond donors (Lipinski definition) is 0. The summed E-state index contributed by atoms with van der Waals surface area (Å²) in [5.74, 6) is 0.689. The summed E-state index contributed by atoms with van der Waals surface area (Å²) in [5, 5.41) is -0.229. The number of likely N-dealkylation sites (tertiary alicyclic amines) is 1. The molecule has 0 aromatic carbocycles. The van der Waals surface area contributed by atoms with Crippen molar-refractivity contribution >= 4 is 15.7 Å². The van der Waals surface area contributed by atoms with Crippen molar-refractivity contribution in [2.24, 2.45) is 5.92 Å². The number of carbonyl (C=O) groups is 1. The molecule has 0 atom stereocenters. The molecule has 2 aliphatic rings. The lowest BCUT2D eigenvalue weighted by Crippen LogP contribution is -2.45. The minimum atomic E-state index is -2.93. The molecular weight excluding hydrogens is 262 g/mol. The molecule has 0 aromatic rings. The number of amides is 1. The van der Waals surface area contributed by atoms with Crippen molar-refractivity contribution in [3.63, 3.8) is 0 Å². The van der Waals surface area contributed by atoms with Crippen molar-refractivity contribution in [1.82, 2.24) is 4.90 Å². The lowest BCUT2D eigenvalue weighted by molar-refractivity contribution is -0.137. The van der Waals surface area contributed by atoms with Gasteiger partial charge in [-0.25, -0.2) is 8.42 Å². The van der Waals surface area contributed by atoms with Crippen LogP contribution in [0.15, 0.2) is 0 Å². The number of piperidine rings is 1. The number of rotatable bonds is 3. The van der Waals surface area contributed by atoms with E-state index in [9.17, 15) is 13.2 Å². The first-order valence-electron chi connectivity index (χ1n) is 7.55. The average Bonchev–Trinajstić information content (AvgIpc) is 2.47. The van der Waals surface area contributed by atoms with E-state index in [1.807, 2.05) is 4.90 Å². The van der Waals surface area contributed by atoms with Gasteiger partial charge in [-0.2, -0.15) is 0 Å². The van der Waals surface area contributed by atoms with E-state index < -0.39 is 9.84 Å². The summed E-state index contributed by atoms with van der Waals surface area (Å²) in [6, 6.07) is 0. The Balaban J connectivity index is 1.87. The van der Waals surface area contributed by atoms with Crippen molar-refractivity contribution < 1.29 is 13.2 Å². The first-order chi connectivity index (χ1) is 9.04. The van der Waals surface area contributed by atoms with Crippen LogP contribution < -0.4 is 0 Å². The molecule has 1 amide bonds. The van der Waals surface area contributed by atoms with E-state index >= 15 is 0 Å². The van der Waals surface area contributed by atoms with Gasteiger partial charge in [0.2, 0.25) is 5.91 Å². The zero-order valence-corrected chi connectivity index (χ0v) is 12.6. The fraction of sp³-hybridized carbons (Fsp3) is 0.929. The molecule has 0 radical (unpaired) electrons. The van der Waals surface area contributed by atoms with Gasteiger partial charge in [0.15, 0.2) is 9.84 Å². The van der Waals surface area contributed by atoms with Gasteiger partial charge < -0.3 is 4.90 Å². The number of nitrogens with zero attached hydrogens (tertiary/aromatic N) is 1. The van der Waals surface area contributed by atoms with Crippen molar-refractivity contribution in [2.75, 3.05) is 18.8 Å². The molecule has 1 saturated carbocycles. The standard InChI is InChI=1S/C14H25NO3S/c1-2-19(17,18)13-8-10-15(11-9-13)14(16)12-6-4-3-5-7-12/h12-13H,2-11H2,1H3. The van der Waals surface area contributed by atoms with Crippen LogP contribution in [0.5, 0.6) is 0 Å². The second-order valence-electron chi connectivity index (χ2n) is 5.81. The van der Waals surface area contributed by atoms with E-state index in [2.05, 4.69) is 0 Å². The topological polar surface area (TPSA) is 54.5 Å². The second kappa shape index (κ2) is 6.25. The number of carbonyl (C=O) groups excluding carboxylic acids is 1. The molecule has 19 heavy (non-hydrogen) atoms. The summed E-state index contributed by atoms with van der Waals surface area (Å²) in [5.41, 5.74) is 0. The zero-order chi connectivity index (χ0) is 13.9. The first-order valence-corrected chi connectivity index (χ1v) is 9.26. The molecule has 0 aromatic heterocycles. The van der Waals surface area contributed by atoms with Gasteiger partial charge in [-0.05, 0) is 25.7 Å². The smallest absolute Gasteiger partial charge is 0.225 e. The van der Waals surface area contributed by atoms with Crippen molar-refractivity contribution in [2.45, 2.75) is 57.1 Å². The molecule has 0 bridgehead atoms. The average molecular weight is 287 g/mol. The Kier molecular flexibility index (Phi) is 4.87. The highest BCUT2D eigenvalue weighted by Gasteiger charge is 2.33.